The molecule has 17 heavy (non-hydrogen) atoms. The van der Waals surface area contributed by atoms with E-state index >= 15 is 0 Å². The minimum atomic E-state index is 0.295. The summed E-state index contributed by atoms with van der Waals surface area (Å²) in [5.41, 5.74) is 5.49. The SMILES string of the molecule is CCC(CC(N)=NO)NCCCN(C)C(C)C. The van der Waals surface area contributed by atoms with E-state index in [1.54, 1.807) is 0 Å². The molecule has 1 atom stereocenters. The normalized spacial score (nSPS) is 14.6. The van der Waals surface area contributed by atoms with E-state index in [0.717, 1.165) is 25.9 Å². The zero-order valence-corrected chi connectivity index (χ0v) is 11.6. The van der Waals surface area contributed by atoms with Gasteiger partial charge in [0.25, 0.3) is 0 Å². The highest BCUT2D eigenvalue weighted by atomic mass is 16.4. The lowest BCUT2D eigenvalue weighted by molar-refractivity contribution is 0.267. The number of nitrogens with two attached hydrogens (primary N) is 1. The first-order valence-corrected chi connectivity index (χ1v) is 6.41. The Morgan fingerprint density at radius 1 is 1.47 bits per heavy atom. The van der Waals surface area contributed by atoms with Crippen molar-refractivity contribution in [3.8, 4) is 0 Å². The molecule has 0 rings (SSSR count). The molecule has 0 aliphatic heterocycles. The van der Waals surface area contributed by atoms with Crippen molar-refractivity contribution < 1.29 is 5.21 Å². The van der Waals surface area contributed by atoms with Crippen molar-refractivity contribution in [1.82, 2.24) is 10.2 Å². The molecule has 0 aromatic carbocycles. The van der Waals surface area contributed by atoms with E-state index in [1.807, 2.05) is 0 Å². The summed E-state index contributed by atoms with van der Waals surface area (Å²) >= 11 is 0. The highest BCUT2D eigenvalue weighted by molar-refractivity contribution is 5.80. The Morgan fingerprint density at radius 3 is 2.59 bits per heavy atom. The first-order valence-electron chi connectivity index (χ1n) is 6.41. The third-order valence-corrected chi connectivity index (χ3v) is 3.08. The van der Waals surface area contributed by atoms with Gasteiger partial charge in [0.15, 0.2) is 0 Å². The van der Waals surface area contributed by atoms with Crippen molar-refractivity contribution >= 4 is 5.84 Å². The lowest BCUT2D eigenvalue weighted by Crippen LogP contribution is -2.35. The first kappa shape index (κ1) is 16.2. The lowest BCUT2D eigenvalue weighted by atomic mass is 10.1. The molecule has 0 fully saturated rings. The van der Waals surface area contributed by atoms with E-state index in [0.29, 0.717) is 24.3 Å². The second kappa shape index (κ2) is 9.24. The fourth-order valence-electron chi connectivity index (χ4n) is 1.55. The first-order chi connectivity index (χ1) is 8.01. The molecule has 0 aliphatic rings. The molecule has 0 radical (unpaired) electrons. The Morgan fingerprint density at radius 2 is 2.12 bits per heavy atom. The number of nitrogens with one attached hydrogen (secondary N) is 1. The maximum atomic E-state index is 8.51. The summed E-state index contributed by atoms with van der Waals surface area (Å²) in [5.74, 6) is 0.295. The molecule has 5 nitrogen and oxygen atoms in total. The van der Waals surface area contributed by atoms with Crippen LogP contribution in [0, 0.1) is 0 Å². The highest BCUT2D eigenvalue weighted by Gasteiger charge is 2.08. The van der Waals surface area contributed by atoms with Gasteiger partial charge >= 0.3 is 0 Å². The van der Waals surface area contributed by atoms with E-state index in [2.05, 4.69) is 43.2 Å². The van der Waals surface area contributed by atoms with E-state index < -0.39 is 0 Å². The van der Waals surface area contributed by atoms with Crippen LogP contribution in [0.25, 0.3) is 0 Å². The van der Waals surface area contributed by atoms with Gasteiger partial charge in [-0.15, -0.1) is 0 Å². The lowest BCUT2D eigenvalue weighted by Gasteiger charge is -2.22. The smallest absolute Gasteiger partial charge is 0.140 e. The van der Waals surface area contributed by atoms with Gasteiger partial charge in [-0.3, -0.25) is 0 Å². The summed E-state index contributed by atoms with van der Waals surface area (Å²) in [6.45, 7) is 8.54. The van der Waals surface area contributed by atoms with Crippen LogP contribution in [-0.4, -0.2) is 48.2 Å². The van der Waals surface area contributed by atoms with Gasteiger partial charge in [-0.2, -0.15) is 0 Å². The number of hydrogen-bond donors (Lipinski definition) is 3. The van der Waals surface area contributed by atoms with Gasteiger partial charge in [0.2, 0.25) is 0 Å². The molecule has 0 bridgehead atoms. The van der Waals surface area contributed by atoms with Crippen molar-refractivity contribution in [3.63, 3.8) is 0 Å². The third kappa shape index (κ3) is 7.99. The number of nitrogens with zero attached hydrogens (tertiary/aromatic N) is 2. The Bertz CT molecular complexity index is 219. The molecule has 102 valence electrons. The van der Waals surface area contributed by atoms with Crippen molar-refractivity contribution in [1.29, 1.82) is 0 Å². The van der Waals surface area contributed by atoms with Crippen LogP contribution in [0.3, 0.4) is 0 Å². The van der Waals surface area contributed by atoms with Crippen molar-refractivity contribution in [3.05, 3.63) is 0 Å². The molecule has 0 amide bonds. The van der Waals surface area contributed by atoms with Crippen molar-refractivity contribution in [2.24, 2.45) is 10.9 Å². The van der Waals surface area contributed by atoms with Crippen LogP contribution in [0.5, 0.6) is 0 Å². The Hall–Kier alpha value is -0.810. The standard InChI is InChI=1S/C12H28N4O/c1-5-11(9-12(13)15-17)14-7-6-8-16(4)10(2)3/h10-11,14,17H,5-9H2,1-4H3,(H2,13,15). The molecular weight excluding hydrogens is 216 g/mol. The van der Waals surface area contributed by atoms with E-state index in [4.69, 9.17) is 10.9 Å². The van der Waals surface area contributed by atoms with Gasteiger partial charge in [-0.25, -0.2) is 0 Å². The summed E-state index contributed by atoms with van der Waals surface area (Å²) in [7, 11) is 2.14. The van der Waals surface area contributed by atoms with E-state index in [-0.39, 0.29) is 0 Å². The molecule has 0 saturated heterocycles. The summed E-state index contributed by atoms with van der Waals surface area (Å²) in [6.07, 6.45) is 2.70. The number of rotatable bonds is 9. The fourth-order valence-corrected chi connectivity index (χ4v) is 1.55. The Labute approximate surface area is 105 Å². The maximum absolute atomic E-state index is 8.51. The van der Waals surface area contributed by atoms with E-state index in [1.165, 1.54) is 0 Å². The average Bonchev–Trinajstić information content (AvgIpc) is 2.31. The number of hydrogen-bond acceptors (Lipinski definition) is 4. The van der Waals surface area contributed by atoms with Gasteiger partial charge < -0.3 is 21.2 Å². The topological polar surface area (TPSA) is 73.9 Å². The van der Waals surface area contributed by atoms with Crippen molar-refractivity contribution in [2.75, 3.05) is 20.1 Å². The molecule has 4 N–H and O–H groups in total. The molecule has 0 aromatic rings. The Kier molecular flexibility index (Phi) is 8.80. The quantitative estimate of drug-likeness (QED) is 0.187. The average molecular weight is 244 g/mol. The van der Waals surface area contributed by atoms with E-state index in [9.17, 15) is 0 Å². The molecule has 0 aromatic heterocycles. The van der Waals surface area contributed by atoms with Crippen LogP contribution >= 0.6 is 0 Å². The van der Waals surface area contributed by atoms with Crippen LogP contribution in [0.15, 0.2) is 5.16 Å². The third-order valence-electron chi connectivity index (χ3n) is 3.08. The fraction of sp³-hybridized carbons (Fsp3) is 0.917. The van der Waals surface area contributed by atoms with Gasteiger partial charge in [0.1, 0.15) is 5.84 Å². The molecule has 1 unspecified atom stereocenters. The van der Waals surface area contributed by atoms with Crippen LogP contribution < -0.4 is 11.1 Å². The molecule has 5 heteroatoms. The summed E-state index contributed by atoms with van der Waals surface area (Å²) in [5, 5.41) is 14.9. The van der Waals surface area contributed by atoms with Gasteiger partial charge in [0, 0.05) is 18.5 Å². The van der Waals surface area contributed by atoms with Crippen molar-refractivity contribution in [2.45, 2.75) is 52.1 Å². The van der Waals surface area contributed by atoms with Crippen LogP contribution in [0.4, 0.5) is 0 Å². The minimum Gasteiger partial charge on any atom is -0.409 e. The summed E-state index contributed by atoms with van der Waals surface area (Å²) < 4.78 is 0. The minimum absolute atomic E-state index is 0.295. The monoisotopic (exact) mass is 244 g/mol. The van der Waals surface area contributed by atoms with Gasteiger partial charge in [-0.05, 0) is 46.8 Å². The summed E-state index contributed by atoms with van der Waals surface area (Å²) in [4.78, 5) is 2.33. The molecule has 0 spiro atoms. The van der Waals surface area contributed by atoms with Crippen LogP contribution in [-0.2, 0) is 0 Å². The zero-order valence-electron chi connectivity index (χ0n) is 11.6. The van der Waals surface area contributed by atoms with Crippen LogP contribution in [0.2, 0.25) is 0 Å². The Balaban J connectivity index is 3.70. The largest absolute Gasteiger partial charge is 0.409 e. The van der Waals surface area contributed by atoms with Gasteiger partial charge in [-0.1, -0.05) is 12.1 Å². The van der Waals surface area contributed by atoms with Gasteiger partial charge in [0.05, 0.1) is 0 Å². The van der Waals surface area contributed by atoms with Crippen LogP contribution in [0.1, 0.15) is 40.0 Å². The second-order valence-electron chi connectivity index (χ2n) is 4.78. The maximum Gasteiger partial charge on any atom is 0.140 e. The predicted molar refractivity (Wildman–Crippen MR) is 72.5 cm³/mol. The zero-order chi connectivity index (χ0) is 13.3. The molecular formula is C12H28N4O. The number of amidine groups is 1. The second-order valence-corrected chi connectivity index (χ2v) is 4.78. The predicted octanol–water partition coefficient (Wildman–Crippen LogP) is 1.22. The molecule has 0 aliphatic carbocycles. The number of oxime groups is 1. The molecule has 0 heterocycles. The summed E-state index contributed by atoms with van der Waals surface area (Å²) in [6, 6.07) is 0.893. The highest BCUT2D eigenvalue weighted by Crippen LogP contribution is 1.99. The molecule has 0 saturated carbocycles.